The number of ether oxygens (including phenoxy) is 1. The molecule has 9 nitrogen and oxygen atoms in total. The van der Waals surface area contributed by atoms with Crippen LogP contribution in [0.4, 0.5) is 0 Å². The van der Waals surface area contributed by atoms with Crippen LogP contribution >= 0.6 is 0 Å². The number of nitrogens with zero attached hydrogens (tertiary/aromatic N) is 1. The first kappa shape index (κ1) is 21.9. The molecule has 2 amide bonds. The summed E-state index contributed by atoms with van der Waals surface area (Å²) in [6.07, 6.45) is -0.288. The Labute approximate surface area is 164 Å². The molecule has 1 fully saturated rings. The Morgan fingerprint density at radius 3 is 2.21 bits per heavy atom. The van der Waals surface area contributed by atoms with Crippen molar-refractivity contribution in [3.05, 3.63) is 22.5 Å². The van der Waals surface area contributed by atoms with Crippen molar-refractivity contribution < 1.29 is 27.5 Å². The molecule has 0 aliphatic carbocycles. The lowest BCUT2D eigenvalue weighted by molar-refractivity contribution is -0.132. The largest absolute Gasteiger partial charge is 0.459 e. The predicted molar refractivity (Wildman–Crippen MR) is 103 cm³/mol. The number of sulfone groups is 1. The van der Waals surface area contributed by atoms with E-state index in [1.165, 1.54) is 4.90 Å². The highest BCUT2D eigenvalue weighted by molar-refractivity contribution is 7.91. The van der Waals surface area contributed by atoms with E-state index in [0.717, 1.165) is 0 Å². The van der Waals surface area contributed by atoms with Crippen LogP contribution in [0.5, 0.6) is 0 Å². The molecule has 1 unspecified atom stereocenters. The van der Waals surface area contributed by atoms with Crippen LogP contribution in [0.2, 0.25) is 0 Å². The van der Waals surface area contributed by atoms with Gasteiger partial charge in [-0.15, -0.1) is 0 Å². The van der Waals surface area contributed by atoms with Crippen molar-refractivity contribution in [2.45, 2.75) is 46.8 Å². The van der Waals surface area contributed by atoms with Crippen LogP contribution < -0.4 is 5.32 Å². The first-order chi connectivity index (χ1) is 12.9. The maximum Gasteiger partial charge on any atom is 0.340 e. The summed E-state index contributed by atoms with van der Waals surface area (Å²) in [5.74, 6) is -1.53. The van der Waals surface area contributed by atoms with E-state index in [1.54, 1.807) is 34.6 Å². The predicted octanol–water partition coefficient (Wildman–Crippen LogP) is 0.572. The molecule has 1 aromatic rings. The molecule has 0 spiro atoms. The number of aromatic amines is 1. The van der Waals surface area contributed by atoms with E-state index in [1.807, 2.05) is 0 Å². The van der Waals surface area contributed by atoms with Gasteiger partial charge in [-0.2, -0.15) is 0 Å². The van der Waals surface area contributed by atoms with E-state index in [4.69, 9.17) is 4.74 Å². The average Bonchev–Trinajstić information content (AvgIpc) is 2.88. The molecular weight excluding hydrogens is 386 g/mol. The van der Waals surface area contributed by atoms with Gasteiger partial charge < -0.3 is 19.9 Å². The van der Waals surface area contributed by atoms with E-state index in [0.29, 0.717) is 16.8 Å². The summed E-state index contributed by atoms with van der Waals surface area (Å²) in [5, 5.41) is 2.61. The van der Waals surface area contributed by atoms with E-state index in [9.17, 15) is 22.8 Å². The van der Waals surface area contributed by atoms with Gasteiger partial charge in [0, 0.05) is 18.8 Å². The molecule has 28 heavy (non-hydrogen) atoms. The topological polar surface area (TPSA) is 126 Å². The van der Waals surface area contributed by atoms with Crippen molar-refractivity contribution in [2.75, 3.05) is 24.6 Å². The zero-order valence-corrected chi connectivity index (χ0v) is 17.6. The minimum Gasteiger partial charge on any atom is -0.459 e. The summed E-state index contributed by atoms with van der Waals surface area (Å²) >= 11 is 0. The molecular formula is C18H27N3O6S. The Morgan fingerprint density at radius 1 is 1.11 bits per heavy atom. The third-order valence-corrected chi connectivity index (χ3v) is 6.19. The van der Waals surface area contributed by atoms with Crippen molar-refractivity contribution in [2.24, 2.45) is 0 Å². The zero-order valence-electron chi connectivity index (χ0n) is 16.8. The summed E-state index contributed by atoms with van der Waals surface area (Å²) in [7, 11) is -3.10. The van der Waals surface area contributed by atoms with Gasteiger partial charge in [0.05, 0.1) is 23.2 Å². The lowest BCUT2D eigenvalue weighted by Crippen LogP contribution is -2.51. The third-order valence-electron chi connectivity index (χ3n) is 4.59. The smallest absolute Gasteiger partial charge is 0.340 e. The van der Waals surface area contributed by atoms with Gasteiger partial charge in [0.15, 0.2) is 9.84 Å². The monoisotopic (exact) mass is 413 g/mol. The molecule has 10 heteroatoms. The normalized spacial score (nSPS) is 17.3. The van der Waals surface area contributed by atoms with Crippen molar-refractivity contribution in [1.29, 1.82) is 0 Å². The standard InChI is InChI=1S/C18H27N3O6S/c1-10(2)27-18(24)14-11(3)15(19-12(14)4)16(22)20-13(5)17(23)21-6-8-28(25,26)9-7-21/h10,13,19H,6-9H2,1-5H3,(H,20,22). The second kappa shape index (κ2) is 8.34. The van der Waals surface area contributed by atoms with Crippen LogP contribution in [0.3, 0.4) is 0 Å². The van der Waals surface area contributed by atoms with Gasteiger partial charge >= 0.3 is 5.97 Å². The molecule has 1 saturated heterocycles. The lowest BCUT2D eigenvalue weighted by Gasteiger charge is -2.29. The fourth-order valence-electron chi connectivity index (χ4n) is 3.09. The second-order valence-electron chi connectivity index (χ2n) is 7.25. The number of aromatic nitrogens is 1. The Kier molecular flexibility index (Phi) is 6.53. The van der Waals surface area contributed by atoms with Crippen LogP contribution in [0, 0.1) is 13.8 Å². The number of aryl methyl sites for hydroxylation is 1. The maximum atomic E-state index is 12.6. The Hall–Kier alpha value is -2.36. The SMILES string of the molecule is Cc1[nH]c(C(=O)NC(C)C(=O)N2CCS(=O)(=O)CC2)c(C)c1C(=O)OC(C)C. The minimum atomic E-state index is -3.10. The van der Waals surface area contributed by atoms with Gasteiger partial charge in [-0.05, 0) is 40.2 Å². The number of amides is 2. The summed E-state index contributed by atoms with van der Waals surface area (Å²) in [6.45, 7) is 8.56. The van der Waals surface area contributed by atoms with Crippen LogP contribution in [-0.4, -0.2) is 72.8 Å². The molecule has 0 saturated carbocycles. The third kappa shape index (κ3) is 4.92. The molecule has 2 heterocycles. The lowest BCUT2D eigenvalue weighted by atomic mass is 10.1. The number of carbonyl (C=O) groups excluding carboxylic acids is 3. The molecule has 1 aromatic heterocycles. The first-order valence-corrected chi connectivity index (χ1v) is 10.9. The molecule has 0 bridgehead atoms. The van der Waals surface area contributed by atoms with Crippen molar-refractivity contribution in [3.63, 3.8) is 0 Å². The first-order valence-electron chi connectivity index (χ1n) is 9.13. The van der Waals surface area contributed by atoms with Crippen LogP contribution in [-0.2, 0) is 19.4 Å². The molecule has 2 rings (SSSR count). The molecule has 2 N–H and O–H groups in total. The van der Waals surface area contributed by atoms with E-state index in [-0.39, 0.29) is 42.3 Å². The molecule has 0 radical (unpaired) electrons. The number of carbonyl (C=O) groups is 3. The highest BCUT2D eigenvalue weighted by atomic mass is 32.2. The number of esters is 1. The van der Waals surface area contributed by atoms with Gasteiger partial charge in [0.2, 0.25) is 5.91 Å². The fourth-order valence-corrected chi connectivity index (χ4v) is 4.29. The van der Waals surface area contributed by atoms with E-state index in [2.05, 4.69) is 10.3 Å². The Bertz CT molecular complexity index is 873. The van der Waals surface area contributed by atoms with Crippen molar-refractivity contribution >= 4 is 27.6 Å². The number of hydrogen-bond donors (Lipinski definition) is 2. The minimum absolute atomic E-state index is 0.0737. The summed E-state index contributed by atoms with van der Waals surface area (Å²) in [4.78, 5) is 41.7. The summed E-state index contributed by atoms with van der Waals surface area (Å²) in [6, 6.07) is -0.831. The van der Waals surface area contributed by atoms with Gasteiger partial charge in [0.1, 0.15) is 11.7 Å². The van der Waals surface area contributed by atoms with Gasteiger partial charge in [-0.1, -0.05) is 0 Å². The maximum absolute atomic E-state index is 12.6. The van der Waals surface area contributed by atoms with Crippen LogP contribution in [0.25, 0.3) is 0 Å². The van der Waals surface area contributed by atoms with Crippen molar-refractivity contribution in [1.82, 2.24) is 15.2 Å². The number of nitrogens with one attached hydrogen (secondary N) is 2. The van der Waals surface area contributed by atoms with Crippen LogP contribution in [0.15, 0.2) is 0 Å². The fraction of sp³-hybridized carbons (Fsp3) is 0.611. The number of hydrogen-bond acceptors (Lipinski definition) is 6. The van der Waals surface area contributed by atoms with E-state index >= 15 is 0 Å². The van der Waals surface area contributed by atoms with E-state index < -0.39 is 27.8 Å². The molecule has 1 aliphatic rings. The Morgan fingerprint density at radius 2 is 1.68 bits per heavy atom. The molecule has 156 valence electrons. The second-order valence-corrected chi connectivity index (χ2v) is 9.55. The van der Waals surface area contributed by atoms with Gasteiger partial charge in [0.25, 0.3) is 5.91 Å². The molecule has 0 aromatic carbocycles. The molecule has 1 atom stereocenters. The molecule has 1 aliphatic heterocycles. The number of H-pyrrole nitrogens is 1. The summed E-state index contributed by atoms with van der Waals surface area (Å²) in [5.41, 5.74) is 1.45. The summed E-state index contributed by atoms with van der Waals surface area (Å²) < 4.78 is 28.2. The van der Waals surface area contributed by atoms with Gasteiger partial charge in [-0.25, -0.2) is 13.2 Å². The highest BCUT2D eigenvalue weighted by Crippen LogP contribution is 2.20. The van der Waals surface area contributed by atoms with Gasteiger partial charge in [-0.3, -0.25) is 9.59 Å². The average molecular weight is 413 g/mol. The van der Waals surface area contributed by atoms with Crippen LogP contribution in [0.1, 0.15) is 52.9 Å². The highest BCUT2D eigenvalue weighted by Gasteiger charge is 2.30. The zero-order chi connectivity index (χ0) is 21.2. The quantitative estimate of drug-likeness (QED) is 0.680. The van der Waals surface area contributed by atoms with Crippen molar-refractivity contribution in [3.8, 4) is 0 Å². The Balaban J connectivity index is 2.08. The number of rotatable bonds is 5.